The summed E-state index contributed by atoms with van der Waals surface area (Å²) in [6.45, 7) is 12.3. The van der Waals surface area contributed by atoms with Crippen LogP contribution in [-0.4, -0.2) is 63.5 Å². The van der Waals surface area contributed by atoms with E-state index in [9.17, 15) is 9.59 Å². The van der Waals surface area contributed by atoms with Crippen LogP contribution in [0.5, 0.6) is 0 Å². The predicted octanol–water partition coefficient (Wildman–Crippen LogP) is 3.63. The van der Waals surface area contributed by atoms with Gasteiger partial charge in [-0.2, -0.15) is 0 Å². The molecule has 3 aliphatic rings. The van der Waals surface area contributed by atoms with Crippen molar-refractivity contribution in [3.05, 3.63) is 10.0 Å². The molecular weight excluding hydrogens is 434 g/mol. The number of likely N-dealkylation sites (tertiary alicyclic amines) is 1. The van der Waals surface area contributed by atoms with Crippen LogP contribution in [0.15, 0.2) is 0 Å². The van der Waals surface area contributed by atoms with Crippen molar-refractivity contribution in [2.45, 2.75) is 91.3 Å². The van der Waals surface area contributed by atoms with Gasteiger partial charge in [0.25, 0.3) is 0 Å². The van der Waals surface area contributed by atoms with Crippen LogP contribution in [-0.2, 0) is 16.1 Å². The molecule has 2 bridgehead atoms. The molecular formula is C25H41N5O2S. The first kappa shape index (κ1) is 24.6. The number of fused-ring (bicyclic) bond motifs is 4. The lowest BCUT2D eigenvalue weighted by molar-refractivity contribution is -0.142. The van der Waals surface area contributed by atoms with E-state index in [1.54, 1.807) is 11.3 Å². The topological polar surface area (TPSA) is 78.4 Å². The number of aryl methyl sites for hydroxylation is 1. The highest BCUT2D eigenvalue weighted by molar-refractivity contribution is 7.11. The quantitative estimate of drug-likeness (QED) is 0.722. The van der Waals surface area contributed by atoms with Crippen LogP contribution in [0.25, 0.3) is 0 Å². The molecule has 0 saturated carbocycles. The van der Waals surface area contributed by atoms with E-state index in [-0.39, 0.29) is 18.0 Å². The lowest BCUT2D eigenvalue weighted by Crippen LogP contribution is -2.59. The molecule has 0 aromatic carbocycles. The Bertz CT molecular complexity index is 827. The van der Waals surface area contributed by atoms with Gasteiger partial charge in [0, 0.05) is 44.6 Å². The number of hydrogen-bond acceptors (Lipinski definition) is 6. The summed E-state index contributed by atoms with van der Waals surface area (Å²) in [7, 11) is 0. The average Bonchev–Trinajstić information content (AvgIpc) is 3.16. The van der Waals surface area contributed by atoms with E-state index in [2.05, 4.69) is 46.1 Å². The fourth-order valence-corrected chi connectivity index (χ4v) is 6.88. The number of rotatable bonds is 3. The van der Waals surface area contributed by atoms with Gasteiger partial charge in [-0.1, -0.05) is 20.8 Å². The van der Waals surface area contributed by atoms with Crippen LogP contribution < -0.4 is 5.32 Å². The lowest BCUT2D eigenvalue weighted by atomic mass is 9.77. The van der Waals surface area contributed by atoms with E-state index in [4.69, 9.17) is 0 Å². The van der Waals surface area contributed by atoms with Crippen molar-refractivity contribution in [2.24, 2.45) is 23.7 Å². The van der Waals surface area contributed by atoms with Gasteiger partial charge in [0.2, 0.25) is 11.8 Å². The molecule has 0 aliphatic carbocycles. The molecule has 33 heavy (non-hydrogen) atoms. The smallest absolute Gasteiger partial charge is 0.223 e. The Balaban J connectivity index is 1.47. The normalized spacial score (nSPS) is 32.5. The van der Waals surface area contributed by atoms with E-state index < -0.39 is 0 Å². The van der Waals surface area contributed by atoms with Gasteiger partial charge in [-0.15, -0.1) is 21.5 Å². The number of aromatic nitrogens is 2. The number of amides is 2. The largest absolute Gasteiger partial charge is 0.353 e. The Kier molecular flexibility index (Phi) is 8.05. The Morgan fingerprint density at radius 3 is 2.67 bits per heavy atom. The molecule has 7 nitrogen and oxygen atoms in total. The zero-order valence-corrected chi connectivity index (χ0v) is 21.6. The minimum atomic E-state index is 0.170. The third-order valence-electron chi connectivity index (χ3n) is 7.84. The van der Waals surface area contributed by atoms with Crippen LogP contribution in [0.1, 0.15) is 75.7 Å². The van der Waals surface area contributed by atoms with Gasteiger partial charge >= 0.3 is 0 Å². The standard InChI is InChI=1S/C25H41N5O2S/c1-16(2)21-9-8-17(3)10-25(32)30-13-19-11-20(22(30)6-5-7-23(31)26-21)14-29(12-19)15-24-28-27-18(4)33-24/h16-17,19-22H,5-15H2,1-4H3,(H,26,31)/t17-,19+,20-,21+,22+/m1/s1. The van der Waals surface area contributed by atoms with E-state index in [0.717, 1.165) is 61.9 Å². The van der Waals surface area contributed by atoms with Crippen LogP contribution in [0.3, 0.4) is 0 Å². The first-order valence-electron chi connectivity index (χ1n) is 12.9. The molecule has 0 spiro atoms. The molecule has 2 amide bonds. The number of hydrogen-bond donors (Lipinski definition) is 1. The summed E-state index contributed by atoms with van der Waals surface area (Å²) in [6, 6.07) is 0.449. The SMILES string of the molecule is Cc1nnc(CN2C[C@@H]3C[C@H](C2)[C@@H]2CCCC(=O)N[C@H](C(C)C)CC[C@@H](C)CC(=O)N2C3)s1. The molecule has 1 aromatic heterocycles. The van der Waals surface area contributed by atoms with E-state index in [0.29, 0.717) is 42.4 Å². The fraction of sp³-hybridized carbons (Fsp3) is 0.840. The van der Waals surface area contributed by atoms with Crippen molar-refractivity contribution in [2.75, 3.05) is 19.6 Å². The van der Waals surface area contributed by atoms with Crippen molar-refractivity contribution >= 4 is 23.2 Å². The monoisotopic (exact) mass is 475 g/mol. The predicted molar refractivity (Wildman–Crippen MR) is 131 cm³/mol. The maximum Gasteiger partial charge on any atom is 0.223 e. The summed E-state index contributed by atoms with van der Waals surface area (Å²) >= 11 is 1.68. The summed E-state index contributed by atoms with van der Waals surface area (Å²) in [6.07, 6.45) is 6.07. The summed E-state index contributed by atoms with van der Waals surface area (Å²) in [5.41, 5.74) is 0. The van der Waals surface area contributed by atoms with E-state index in [1.165, 1.54) is 6.42 Å². The summed E-state index contributed by atoms with van der Waals surface area (Å²) in [5, 5.41) is 13.9. The minimum absolute atomic E-state index is 0.170. The molecule has 3 aliphatic heterocycles. The molecule has 5 atom stereocenters. The van der Waals surface area contributed by atoms with Gasteiger partial charge in [-0.25, -0.2) is 0 Å². The molecule has 4 heterocycles. The molecule has 4 rings (SSSR count). The summed E-state index contributed by atoms with van der Waals surface area (Å²) in [5.74, 6) is 2.25. The highest BCUT2D eigenvalue weighted by Crippen LogP contribution is 2.37. The highest BCUT2D eigenvalue weighted by Gasteiger charge is 2.42. The molecule has 1 N–H and O–H groups in total. The molecule has 3 saturated heterocycles. The minimum Gasteiger partial charge on any atom is -0.353 e. The third-order valence-corrected chi connectivity index (χ3v) is 8.66. The van der Waals surface area contributed by atoms with Crippen molar-refractivity contribution in [3.8, 4) is 0 Å². The second-order valence-electron chi connectivity index (χ2n) is 11.1. The van der Waals surface area contributed by atoms with Gasteiger partial charge < -0.3 is 10.2 Å². The number of piperidine rings is 2. The van der Waals surface area contributed by atoms with Gasteiger partial charge in [0.1, 0.15) is 10.0 Å². The van der Waals surface area contributed by atoms with Gasteiger partial charge in [0.05, 0.1) is 6.54 Å². The van der Waals surface area contributed by atoms with E-state index in [1.807, 2.05) is 6.92 Å². The van der Waals surface area contributed by atoms with Gasteiger partial charge in [-0.05, 0) is 62.7 Å². The third kappa shape index (κ3) is 6.32. The molecule has 8 heteroatoms. The summed E-state index contributed by atoms with van der Waals surface area (Å²) in [4.78, 5) is 30.9. The van der Waals surface area contributed by atoms with Crippen molar-refractivity contribution in [3.63, 3.8) is 0 Å². The van der Waals surface area contributed by atoms with Crippen LogP contribution in [0.2, 0.25) is 0 Å². The van der Waals surface area contributed by atoms with Crippen molar-refractivity contribution in [1.82, 2.24) is 25.3 Å². The zero-order valence-electron chi connectivity index (χ0n) is 20.8. The maximum atomic E-state index is 13.5. The van der Waals surface area contributed by atoms with Crippen LogP contribution >= 0.6 is 11.3 Å². The number of nitrogens with one attached hydrogen (secondary N) is 1. The summed E-state index contributed by atoms with van der Waals surface area (Å²) < 4.78 is 0. The van der Waals surface area contributed by atoms with Gasteiger partial charge in [0.15, 0.2) is 0 Å². The first-order chi connectivity index (χ1) is 15.8. The molecule has 3 fully saturated rings. The first-order valence-corrected chi connectivity index (χ1v) is 13.7. The molecule has 0 radical (unpaired) electrons. The van der Waals surface area contributed by atoms with Crippen LogP contribution in [0, 0.1) is 30.6 Å². The fourth-order valence-electron chi connectivity index (χ4n) is 6.13. The average molecular weight is 476 g/mol. The lowest BCUT2D eigenvalue weighted by Gasteiger charge is -2.51. The Hall–Kier alpha value is -1.54. The van der Waals surface area contributed by atoms with E-state index >= 15 is 0 Å². The second-order valence-corrected chi connectivity index (χ2v) is 12.3. The highest BCUT2D eigenvalue weighted by atomic mass is 32.1. The maximum absolute atomic E-state index is 13.5. The van der Waals surface area contributed by atoms with Crippen LogP contribution in [0.4, 0.5) is 0 Å². The number of carbonyl (C=O) groups is 2. The molecule has 0 unspecified atom stereocenters. The molecule has 1 aromatic rings. The zero-order chi connectivity index (χ0) is 23.5. The number of carbonyl (C=O) groups excluding carboxylic acids is 2. The Morgan fingerprint density at radius 1 is 1.12 bits per heavy atom. The number of nitrogens with zero attached hydrogens (tertiary/aromatic N) is 4. The Morgan fingerprint density at radius 2 is 1.94 bits per heavy atom. The second kappa shape index (κ2) is 10.8. The van der Waals surface area contributed by atoms with Crippen molar-refractivity contribution in [1.29, 1.82) is 0 Å². The Labute approximate surface area is 202 Å². The van der Waals surface area contributed by atoms with Gasteiger partial charge in [-0.3, -0.25) is 14.5 Å². The molecule has 184 valence electrons. The van der Waals surface area contributed by atoms with Crippen molar-refractivity contribution < 1.29 is 9.59 Å².